The summed E-state index contributed by atoms with van der Waals surface area (Å²) in [6.45, 7) is 0.282. The second-order valence-corrected chi connectivity index (χ2v) is 4.55. The topological polar surface area (TPSA) is 66.0 Å². The quantitative estimate of drug-likeness (QED) is 0.865. The standard InChI is InChI=1S/C11H11ClN4OS/c1-16-5-8(14-15-16)6-17-10-4-7(12)2-3-9(10)11(13)18/h2-5H,6H2,1H3,(H2,13,18). The maximum atomic E-state index is 5.91. The Bertz CT molecular complexity index is 584. The number of hydrogen-bond acceptors (Lipinski definition) is 4. The van der Waals surface area contributed by atoms with Crippen LogP contribution in [0.3, 0.4) is 0 Å². The molecule has 0 aliphatic rings. The van der Waals surface area contributed by atoms with Gasteiger partial charge in [-0.1, -0.05) is 29.0 Å². The third-order valence-corrected chi connectivity index (χ3v) is 2.69. The van der Waals surface area contributed by atoms with Gasteiger partial charge in [-0.2, -0.15) is 0 Å². The van der Waals surface area contributed by atoms with E-state index >= 15 is 0 Å². The number of aromatic nitrogens is 3. The second-order valence-electron chi connectivity index (χ2n) is 3.68. The maximum Gasteiger partial charge on any atom is 0.134 e. The van der Waals surface area contributed by atoms with Crippen LogP contribution < -0.4 is 10.5 Å². The molecular formula is C11H11ClN4OS. The van der Waals surface area contributed by atoms with Crippen molar-refractivity contribution >= 4 is 28.8 Å². The zero-order valence-electron chi connectivity index (χ0n) is 9.63. The summed E-state index contributed by atoms with van der Waals surface area (Å²) in [7, 11) is 1.79. The molecule has 7 heteroatoms. The molecule has 2 N–H and O–H groups in total. The van der Waals surface area contributed by atoms with E-state index in [1.807, 2.05) is 0 Å². The number of nitrogens with two attached hydrogens (primary N) is 1. The van der Waals surface area contributed by atoms with Crippen LogP contribution >= 0.6 is 23.8 Å². The zero-order chi connectivity index (χ0) is 13.1. The lowest BCUT2D eigenvalue weighted by Crippen LogP contribution is -2.11. The van der Waals surface area contributed by atoms with Crippen molar-refractivity contribution in [2.45, 2.75) is 6.61 Å². The van der Waals surface area contributed by atoms with Crippen LogP contribution in [0.15, 0.2) is 24.4 Å². The molecule has 0 spiro atoms. The maximum absolute atomic E-state index is 5.91. The summed E-state index contributed by atoms with van der Waals surface area (Å²) >= 11 is 10.9. The molecule has 0 radical (unpaired) electrons. The fraction of sp³-hybridized carbons (Fsp3) is 0.182. The molecule has 0 saturated carbocycles. The Hall–Kier alpha value is -1.66. The summed E-state index contributed by atoms with van der Waals surface area (Å²) in [5.41, 5.74) is 6.98. The van der Waals surface area contributed by atoms with Gasteiger partial charge in [0.25, 0.3) is 0 Å². The van der Waals surface area contributed by atoms with E-state index in [-0.39, 0.29) is 11.6 Å². The van der Waals surface area contributed by atoms with E-state index < -0.39 is 0 Å². The van der Waals surface area contributed by atoms with Gasteiger partial charge in [0.05, 0.1) is 11.8 Å². The second kappa shape index (κ2) is 5.32. The number of rotatable bonds is 4. The first-order valence-electron chi connectivity index (χ1n) is 5.13. The molecule has 2 rings (SSSR count). The minimum Gasteiger partial charge on any atom is -0.486 e. The van der Waals surface area contributed by atoms with Crippen LogP contribution in [0.4, 0.5) is 0 Å². The van der Waals surface area contributed by atoms with Crippen molar-refractivity contribution in [1.82, 2.24) is 15.0 Å². The molecule has 5 nitrogen and oxygen atoms in total. The van der Waals surface area contributed by atoms with Crippen LogP contribution in [0, 0.1) is 0 Å². The molecule has 1 heterocycles. The van der Waals surface area contributed by atoms with Crippen molar-refractivity contribution in [2.24, 2.45) is 12.8 Å². The van der Waals surface area contributed by atoms with Crippen LogP contribution in [0.2, 0.25) is 5.02 Å². The normalized spacial score (nSPS) is 10.3. The van der Waals surface area contributed by atoms with Gasteiger partial charge in [0.15, 0.2) is 0 Å². The van der Waals surface area contributed by atoms with E-state index in [2.05, 4.69) is 10.3 Å². The molecular weight excluding hydrogens is 272 g/mol. The van der Waals surface area contributed by atoms with E-state index in [0.717, 1.165) is 0 Å². The highest BCUT2D eigenvalue weighted by Crippen LogP contribution is 2.24. The van der Waals surface area contributed by atoms with Gasteiger partial charge in [0.2, 0.25) is 0 Å². The molecule has 0 atom stereocenters. The summed E-state index contributed by atoms with van der Waals surface area (Å²) in [6, 6.07) is 5.12. The van der Waals surface area contributed by atoms with Gasteiger partial charge in [0.1, 0.15) is 23.0 Å². The van der Waals surface area contributed by atoms with E-state index in [9.17, 15) is 0 Å². The Labute approximate surface area is 114 Å². The predicted octanol–water partition coefficient (Wildman–Crippen LogP) is 1.68. The highest BCUT2D eigenvalue weighted by atomic mass is 35.5. The molecule has 0 aliphatic carbocycles. The lowest BCUT2D eigenvalue weighted by molar-refractivity contribution is 0.300. The molecule has 0 aliphatic heterocycles. The van der Waals surface area contributed by atoms with Crippen LogP contribution in [0.1, 0.15) is 11.3 Å². The van der Waals surface area contributed by atoms with Crippen LogP contribution in [0.25, 0.3) is 0 Å². The van der Waals surface area contributed by atoms with Crippen LogP contribution in [-0.4, -0.2) is 20.0 Å². The molecule has 94 valence electrons. The van der Waals surface area contributed by atoms with Gasteiger partial charge in [-0.15, -0.1) is 5.10 Å². The average Bonchev–Trinajstić information content (AvgIpc) is 2.72. The number of thiocarbonyl (C=S) groups is 1. The van der Waals surface area contributed by atoms with Crippen molar-refractivity contribution in [2.75, 3.05) is 0 Å². The fourth-order valence-corrected chi connectivity index (χ4v) is 1.76. The molecule has 2 aromatic rings. The Balaban J connectivity index is 2.17. The summed E-state index contributed by atoms with van der Waals surface area (Å²) in [5, 5.41) is 8.29. The first kappa shape index (κ1) is 12.8. The smallest absolute Gasteiger partial charge is 0.134 e. The van der Waals surface area contributed by atoms with Crippen molar-refractivity contribution in [3.8, 4) is 5.75 Å². The molecule has 0 bridgehead atoms. The average molecular weight is 283 g/mol. The van der Waals surface area contributed by atoms with Crippen molar-refractivity contribution in [1.29, 1.82) is 0 Å². The third kappa shape index (κ3) is 2.96. The van der Waals surface area contributed by atoms with Gasteiger partial charge in [-0.3, -0.25) is 4.68 Å². The Morgan fingerprint density at radius 2 is 2.33 bits per heavy atom. The molecule has 0 saturated heterocycles. The van der Waals surface area contributed by atoms with Crippen LogP contribution in [0.5, 0.6) is 5.75 Å². The number of benzene rings is 1. The van der Waals surface area contributed by atoms with Crippen molar-refractivity contribution in [3.63, 3.8) is 0 Å². The highest BCUT2D eigenvalue weighted by Gasteiger charge is 2.08. The first-order valence-corrected chi connectivity index (χ1v) is 5.92. The van der Waals surface area contributed by atoms with Crippen LogP contribution in [-0.2, 0) is 13.7 Å². The summed E-state index contributed by atoms with van der Waals surface area (Å²) < 4.78 is 7.21. The molecule has 0 fully saturated rings. The van der Waals surface area contributed by atoms with Crippen molar-refractivity contribution < 1.29 is 4.74 Å². The molecule has 0 amide bonds. The van der Waals surface area contributed by atoms with E-state index in [0.29, 0.717) is 22.0 Å². The lowest BCUT2D eigenvalue weighted by Gasteiger charge is -2.09. The third-order valence-electron chi connectivity index (χ3n) is 2.23. The van der Waals surface area contributed by atoms with Gasteiger partial charge < -0.3 is 10.5 Å². The SMILES string of the molecule is Cn1cc(COc2cc(Cl)ccc2C(N)=S)nn1. The number of aryl methyl sites for hydroxylation is 1. The van der Waals surface area contributed by atoms with Gasteiger partial charge in [-0.05, 0) is 18.2 Å². The monoisotopic (exact) mass is 282 g/mol. The minimum absolute atomic E-state index is 0.265. The van der Waals surface area contributed by atoms with Crippen molar-refractivity contribution in [3.05, 3.63) is 40.7 Å². The predicted molar refractivity (Wildman–Crippen MR) is 72.7 cm³/mol. The Morgan fingerprint density at radius 1 is 1.56 bits per heavy atom. The van der Waals surface area contributed by atoms with Gasteiger partial charge >= 0.3 is 0 Å². The molecule has 0 unspecified atom stereocenters. The fourth-order valence-electron chi connectivity index (χ4n) is 1.43. The summed E-state index contributed by atoms with van der Waals surface area (Å²) in [6.07, 6.45) is 1.77. The van der Waals surface area contributed by atoms with Gasteiger partial charge in [-0.25, -0.2) is 0 Å². The van der Waals surface area contributed by atoms with E-state index in [1.165, 1.54) is 0 Å². The van der Waals surface area contributed by atoms with E-state index in [4.69, 9.17) is 34.3 Å². The van der Waals surface area contributed by atoms with E-state index in [1.54, 1.807) is 36.1 Å². The van der Waals surface area contributed by atoms with Gasteiger partial charge in [0, 0.05) is 12.1 Å². The molecule has 1 aromatic carbocycles. The number of hydrogen-bond donors (Lipinski definition) is 1. The summed E-state index contributed by atoms with van der Waals surface area (Å²) in [5.74, 6) is 0.542. The minimum atomic E-state index is 0.265. The highest BCUT2D eigenvalue weighted by molar-refractivity contribution is 7.80. The number of nitrogens with zero attached hydrogens (tertiary/aromatic N) is 3. The number of ether oxygens (including phenoxy) is 1. The molecule has 1 aromatic heterocycles. The molecule has 18 heavy (non-hydrogen) atoms. The largest absolute Gasteiger partial charge is 0.486 e. The Morgan fingerprint density at radius 3 is 2.94 bits per heavy atom. The summed E-state index contributed by atoms with van der Waals surface area (Å²) in [4.78, 5) is 0.265. The lowest BCUT2D eigenvalue weighted by atomic mass is 10.2. The Kier molecular flexibility index (Phi) is 3.78. The first-order chi connectivity index (χ1) is 8.56. The zero-order valence-corrected chi connectivity index (χ0v) is 11.2. The number of halogens is 1.